The summed E-state index contributed by atoms with van der Waals surface area (Å²) in [7, 11) is 0. The Morgan fingerprint density at radius 2 is 1.29 bits per heavy atom. The van der Waals surface area contributed by atoms with Crippen LogP contribution in [0.4, 0.5) is 0 Å². The first-order valence-corrected chi connectivity index (χ1v) is 7.31. The van der Waals surface area contributed by atoms with Crippen molar-refractivity contribution < 1.29 is 0 Å². The SMILES string of the molecule is Cc1cc2c3ccccc3n(-c3ccccc3)c2cc1C. The Morgan fingerprint density at radius 1 is 0.619 bits per heavy atom. The van der Waals surface area contributed by atoms with Crippen molar-refractivity contribution in [2.75, 3.05) is 0 Å². The van der Waals surface area contributed by atoms with Crippen molar-refractivity contribution in [1.29, 1.82) is 0 Å². The summed E-state index contributed by atoms with van der Waals surface area (Å²) in [6, 6.07) is 23.8. The zero-order chi connectivity index (χ0) is 14.4. The van der Waals surface area contributed by atoms with Crippen molar-refractivity contribution in [3.63, 3.8) is 0 Å². The number of para-hydroxylation sites is 2. The fourth-order valence-electron chi connectivity index (χ4n) is 3.08. The molecule has 0 spiro atoms. The van der Waals surface area contributed by atoms with Gasteiger partial charge in [-0.3, -0.25) is 0 Å². The normalized spacial score (nSPS) is 11.3. The van der Waals surface area contributed by atoms with Crippen molar-refractivity contribution in [2.24, 2.45) is 0 Å². The van der Waals surface area contributed by atoms with E-state index >= 15 is 0 Å². The highest BCUT2D eigenvalue weighted by atomic mass is 15.0. The summed E-state index contributed by atoms with van der Waals surface area (Å²) < 4.78 is 2.36. The lowest BCUT2D eigenvalue weighted by Crippen LogP contribution is -1.93. The lowest BCUT2D eigenvalue weighted by Gasteiger charge is -2.08. The zero-order valence-electron chi connectivity index (χ0n) is 12.3. The summed E-state index contributed by atoms with van der Waals surface area (Å²) in [5.74, 6) is 0. The molecule has 102 valence electrons. The van der Waals surface area contributed by atoms with Gasteiger partial charge < -0.3 is 4.57 Å². The van der Waals surface area contributed by atoms with Gasteiger partial charge in [0.1, 0.15) is 0 Å². The zero-order valence-corrected chi connectivity index (χ0v) is 12.3. The lowest BCUT2D eigenvalue weighted by molar-refractivity contribution is 1.17. The van der Waals surface area contributed by atoms with E-state index in [4.69, 9.17) is 0 Å². The van der Waals surface area contributed by atoms with Gasteiger partial charge in [0.2, 0.25) is 0 Å². The molecule has 0 aliphatic rings. The van der Waals surface area contributed by atoms with E-state index in [9.17, 15) is 0 Å². The Balaban J connectivity index is 2.24. The second-order valence-corrected chi connectivity index (χ2v) is 5.64. The predicted octanol–water partition coefficient (Wildman–Crippen LogP) is 5.40. The number of fused-ring (bicyclic) bond motifs is 3. The number of aromatic nitrogens is 1. The van der Waals surface area contributed by atoms with Gasteiger partial charge in [0.15, 0.2) is 0 Å². The van der Waals surface area contributed by atoms with Crippen LogP contribution in [-0.2, 0) is 0 Å². The molecular formula is C20H17N. The number of aryl methyl sites for hydroxylation is 2. The van der Waals surface area contributed by atoms with Crippen LogP contribution in [0.1, 0.15) is 11.1 Å². The van der Waals surface area contributed by atoms with Crippen LogP contribution in [0.5, 0.6) is 0 Å². The van der Waals surface area contributed by atoms with E-state index in [1.807, 2.05) is 0 Å². The average molecular weight is 271 g/mol. The van der Waals surface area contributed by atoms with E-state index in [2.05, 4.69) is 85.1 Å². The first kappa shape index (κ1) is 12.2. The van der Waals surface area contributed by atoms with Crippen LogP contribution in [0, 0.1) is 13.8 Å². The summed E-state index contributed by atoms with van der Waals surface area (Å²) in [6.45, 7) is 4.37. The van der Waals surface area contributed by atoms with Crippen molar-refractivity contribution in [3.8, 4) is 5.69 Å². The molecule has 4 rings (SSSR count). The van der Waals surface area contributed by atoms with Gasteiger partial charge in [-0.25, -0.2) is 0 Å². The second kappa shape index (κ2) is 4.49. The molecule has 4 aromatic rings. The van der Waals surface area contributed by atoms with Gasteiger partial charge >= 0.3 is 0 Å². The van der Waals surface area contributed by atoms with Crippen molar-refractivity contribution in [1.82, 2.24) is 4.57 Å². The van der Waals surface area contributed by atoms with Gasteiger partial charge in [-0.15, -0.1) is 0 Å². The highest BCUT2D eigenvalue weighted by molar-refractivity contribution is 6.09. The highest BCUT2D eigenvalue weighted by Gasteiger charge is 2.12. The third-order valence-corrected chi connectivity index (χ3v) is 4.30. The maximum absolute atomic E-state index is 2.36. The van der Waals surface area contributed by atoms with Gasteiger partial charge in [0.05, 0.1) is 11.0 Å². The van der Waals surface area contributed by atoms with E-state index in [0.29, 0.717) is 0 Å². The van der Waals surface area contributed by atoms with Crippen molar-refractivity contribution in [2.45, 2.75) is 13.8 Å². The van der Waals surface area contributed by atoms with E-state index in [1.165, 1.54) is 38.6 Å². The molecule has 1 heteroatoms. The van der Waals surface area contributed by atoms with Crippen LogP contribution < -0.4 is 0 Å². The minimum Gasteiger partial charge on any atom is -0.309 e. The summed E-state index contributed by atoms with van der Waals surface area (Å²) in [4.78, 5) is 0. The smallest absolute Gasteiger partial charge is 0.0543 e. The first-order chi connectivity index (χ1) is 10.3. The number of benzene rings is 3. The molecule has 0 amide bonds. The van der Waals surface area contributed by atoms with Crippen LogP contribution in [0.25, 0.3) is 27.5 Å². The van der Waals surface area contributed by atoms with Crippen molar-refractivity contribution in [3.05, 3.63) is 77.9 Å². The molecule has 3 aromatic carbocycles. The third kappa shape index (κ3) is 1.78. The summed E-state index contributed by atoms with van der Waals surface area (Å²) >= 11 is 0. The molecule has 21 heavy (non-hydrogen) atoms. The Kier molecular flexibility index (Phi) is 2.61. The van der Waals surface area contributed by atoms with E-state index in [1.54, 1.807) is 0 Å². The minimum atomic E-state index is 1.21. The monoisotopic (exact) mass is 271 g/mol. The molecule has 0 fully saturated rings. The van der Waals surface area contributed by atoms with Crippen LogP contribution in [-0.4, -0.2) is 4.57 Å². The fraction of sp³-hybridized carbons (Fsp3) is 0.100. The summed E-state index contributed by atoms with van der Waals surface area (Å²) in [6.07, 6.45) is 0. The van der Waals surface area contributed by atoms with Crippen molar-refractivity contribution >= 4 is 21.8 Å². The minimum absolute atomic E-state index is 1.21. The number of rotatable bonds is 1. The summed E-state index contributed by atoms with van der Waals surface area (Å²) in [5.41, 5.74) is 6.45. The topological polar surface area (TPSA) is 4.93 Å². The van der Waals surface area contributed by atoms with Crippen LogP contribution >= 0.6 is 0 Å². The molecule has 0 unspecified atom stereocenters. The third-order valence-electron chi connectivity index (χ3n) is 4.30. The standard InChI is InChI=1S/C20H17N/c1-14-12-18-17-10-6-7-11-19(17)21(20(18)13-15(14)2)16-8-4-3-5-9-16/h3-13H,1-2H3. The second-order valence-electron chi connectivity index (χ2n) is 5.64. The highest BCUT2D eigenvalue weighted by Crippen LogP contribution is 2.33. The molecule has 0 radical (unpaired) electrons. The molecule has 0 atom stereocenters. The molecule has 0 N–H and O–H groups in total. The van der Waals surface area contributed by atoms with Gasteiger partial charge in [-0.2, -0.15) is 0 Å². The Morgan fingerprint density at radius 3 is 2.10 bits per heavy atom. The fourth-order valence-corrected chi connectivity index (χ4v) is 3.08. The molecule has 0 bridgehead atoms. The molecule has 0 aliphatic carbocycles. The molecule has 0 saturated heterocycles. The molecular weight excluding hydrogens is 254 g/mol. The number of nitrogens with zero attached hydrogens (tertiary/aromatic N) is 1. The predicted molar refractivity (Wildman–Crippen MR) is 90.3 cm³/mol. The van der Waals surface area contributed by atoms with E-state index < -0.39 is 0 Å². The van der Waals surface area contributed by atoms with Gasteiger partial charge in [-0.1, -0.05) is 36.4 Å². The Labute approximate surface area is 124 Å². The molecule has 0 aliphatic heterocycles. The lowest BCUT2D eigenvalue weighted by atomic mass is 10.1. The van der Waals surface area contributed by atoms with Gasteiger partial charge in [0.25, 0.3) is 0 Å². The van der Waals surface area contributed by atoms with E-state index in [-0.39, 0.29) is 0 Å². The maximum atomic E-state index is 2.36. The quantitative estimate of drug-likeness (QED) is 0.437. The molecule has 1 aromatic heterocycles. The Bertz CT molecular complexity index is 946. The average Bonchev–Trinajstić information content (AvgIpc) is 2.82. The number of hydrogen-bond acceptors (Lipinski definition) is 0. The number of hydrogen-bond donors (Lipinski definition) is 0. The van der Waals surface area contributed by atoms with Crippen LogP contribution in [0.3, 0.4) is 0 Å². The molecule has 0 saturated carbocycles. The first-order valence-electron chi connectivity index (χ1n) is 7.31. The maximum Gasteiger partial charge on any atom is 0.0543 e. The molecule has 1 nitrogen and oxygen atoms in total. The summed E-state index contributed by atoms with van der Waals surface area (Å²) in [5, 5.41) is 2.65. The van der Waals surface area contributed by atoms with Gasteiger partial charge in [-0.05, 0) is 55.3 Å². The van der Waals surface area contributed by atoms with Crippen LogP contribution in [0.15, 0.2) is 66.7 Å². The van der Waals surface area contributed by atoms with E-state index in [0.717, 1.165) is 0 Å². The van der Waals surface area contributed by atoms with Crippen LogP contribution in [0.2, 0.25) is 0 Å². The molecule has 1 heterocycles. The Hall–Kier alpha value is -2.54. The van der Waals surface area contributed by atoms with Gasteiger partial charge in [0, 0.05) is 16.5 Å². The largest absolute Gasteiger partial charge is 0.309 e.